The highest BCUT2D eigenvalue weighted by Gasteiger charge is 2.15. The van der Waals surface area contributed by atoms with Crippen LogP contribution in [0.4, 0.5) is 0 Å². The normalized spacial score (nSPS) is 12.6. The molecule has 0 spiro atoms. The smallest absolute Gasteiger partial charge is 0.0845 e. The van der Waals surface area contributed by atoms with Gasteiger partial charge in [-0.25, -0.2) is 0 Å². The number of nitrogens with zero attached hydrogens (tertiary/aromatic N) is 1. The van der Waals surface area contributed by atoms with Crippen LogP contribution in [0.5, 0.6) is 0 Å². The van der Waals surface area contributed by atoms with Gasteiger partial charge in [0.2, 0.25) is 0 Å². The van der Waals surface area contributed by atoms with Gasteiger partial charge in [0.05, 0.1) is 11.7 Å². The van der Waals surface area contributed by atoms with Gasteiger partial charge in [0.15, 0.2) is 0 Å². The summed E-state index contributed by atoms with van der Waals surface area (Å²) in [7, 11) is 0. The molecule has 0 amide bonds. The molecule has 0 aliphatic rings. The summed E-state index contributed by atoms with van der Waals surface area (Å²) < 4.78 is 1.01. The zero-order valence-corrected chi connectivity index (χ0v) is 12.3. The molecule has 2 rings (SSSR count). The standard InChI is InChI=1S/C13H15BrN2S/c1-3-15-13(12-7-4-9(2)17-12)11-6-5-10(14)8-16-11/h4-8,13,15H,3H2,1-2H3. The minimum absolute atomic E-state index is 0.201. The maximum absolute atomic E-state index is 4.48. The van der Waals surface area contributed by atoms with E-state index in [2.05, 4.69) is 58.3 Å². The first kappa shape index (κ1) is 12.7. The molecular weight excluding hydrogens is 296 g/mol. The summed E-state index contributed by atoms with van der Waals surface area (Å²) >= 11 is 5.23. The first-order valence-electron chi connectivity index (χ1n) is 5.62. The first-order chi connectivity index (χ1) is 8.20. The first-order valence-corrected chi connectivity index (χ1v) is 7.23. The Morgan fingerprint density at radius 3 is 2.71 bits per heavy atom. The highest BCUT2D eigenvalue weighted by molar-refractivity contribution is 9.10. The number of aryl methyl sites for hydroxylation is 1. The van der Waals surface area contributed by atoms with E-state index >= 15 is 0 Å². The van der Waals surface area contributed by atoms with E-state index in [-0.39, 0.29) is 6.04 Å². The largest absolute Gasteiger partial charge is 0.305 e. The lowest BCUT2D eigenvalue weighted by atomic mass is 10.1. The number of hydrogen-bond donors (Lipinski definition) is 1. The van der Waals surface area contributed by atoms with Gasteiger partial charge in [-0.05, 0) is 53.7 Å². The SMILES string of the molecule is CCNC(c1ccc(Br)cn1)c1ccc(C)s1. The van der Waals surface area contributed by atoms with Crippen LogP contribution in [0, 0.1) is 6.92 Å². The maximum atomic E-state index is 4.48. The van der Waals surface area contributed by atoms with Crippen molar-refractivity contribution >= 4 is 27.3 Å². The van der Waals surface area contributed by atoms with E-state index in [0.29, 0.717) is 0 Å². The van der Waals surface area contributed by atoms with Crippen molar-refractivity contribution in [1.82, 2.24) is 10.3 Å². The number of aromatic nitrogens is 1. The Bertz CT molecular complexity index is 478. The summed E-state index contributed by atoms with van der Waals surface area (Å²) in [5, 5.41) is 3.48. The summed E-state index contributed by atoms with van der Waals surface area (Å²) in [6, 6.07) is 8.63. The number of nitrogens with one attached hydrogen (secondary N) is 1. The van der Waals surface area contributed by atoms with Gasteiger partial charge in [0.25, 0.3) is 0 Å². The third-order valence-corrected chi connectivity index (χ3v) is 4.03. The molecule has 17 heavy (non-hydrogen) atoms. The number of halogens is 1. The van der Waals surface area contributed by atoms with Gasteiger partial charge in [-0.1, -0.05) is 6.92 Å². The fourth-order valence-electron chi connectivity index (χ4n) is 1.72. The minimum Gasteiger partial charge on any atom is -0.305 e. The molecule has 0 radical (unpaired) electrons. The zero-order valence-electron chi connectivity index (χ0n) is 9.90. The second-order valence-corrected chi connectivity index (χ2v) is 6.08. The second kappa shape index (κ2) is 5.76. The molecule has 0 saturated carbocycles. The Kier molecular flexibility index (Phi) is 4.31. The number of rotatable bonds is 4. The van der Waals surface area contributed by atoms with Gasteiger partial charge >= 0.3 is 0 Å². The quantitative estimate of drug-likeness (QED) is 0.926. The predicted octanol–water partition coefficient (Wildman–Crippen LogP) is 3.91. The third-order valence-electron chi connectivity index (χ3n) is 2.50. The van der Waals surface area contributed by atoms with Gasteiger partial charge in [-0.3, -0.25) is 4.98 Å². The molecule has 2 nitrogen and oxygen atoms in total. The lowest BCUT2D eigenvalue weighted by Crippen LogP contribution is -2.21. The molecule has 0 fully saturated rings. The van der Waals surface area contributed by atoms with Crippen LogP contribution in [0.1, 0.15) is 28.4 Å². The molecule has 0 aliphatic heterocycles. The summed E-state index contributed by atoms with van der Waals surface area (Å²) in [5.41, 5.74) is 1.07. The van der Waals surface area contributed by atoms with E-state index in [4.69, 9.17) is 0 Å². The van der Waals surface area contributed by atoms with Crippen molar-refractivity contribution in [2.75, 3.05) is 6.54 Å². The lowest BCUT2D eigenvalue weighted by molar-refractivity contribution is 0.624. The van der Waals surface area contributed by atoms with Gasteiger partial charge < -0.3 is 5.32 Å². The van der Waals surface area contributed by atoms with Crippen molar-refractivity contribution in [1.29, 1.82) is 0 Å². The predicted molar refractivity (Wildman–Crippen MR) is 76.5 cm³/mol. The van der Waals surface area contributed by atoms with E-state index in [1.165, 1.54) is 9.75 Å². The average molecular weight is 311 g/mol. The van der Waals surface area contributed by atoms with Crippen molar-refractivity contribution in [2.45, 2.75) is 19.9 Å². The highest BCUT2D eigenvalue weighted by Crippen LogP contribution is 2.27. The van der Waals surface area contributed by atoms with Crippen molar-refractivity contribution in [3.8, 4) is 0 Å². The number of pyridine rings is 1. The van der Waals surface area contributed by atoms with Crippen molar-refractivity contribution in [2.24, 2.45) is 0 Å². The van der Waals surface area contributed by atoms with Gasteiger partial charge in [0, 0.05) is 20.4 Å². The Labute approximate surface area is 114 Å². The molecule has 2 heterocycles. The number of thiophene rings is 1. The molecule has 0 bridgehead atoms. The zero-order chi connectivity index (χ0) is 12.3. The molecule has 1 N–H and O–H groups in total. The highest BCUT2D eigenvalue weighted by atomic mass is 79.9. The van der Waals surface area contributed by atoms with Crippen LogP contribution in [-0.2, 0) is 0 Å². The van der Waals surface area contributed by atoms with Gasteiger partial charge in [-0.15, -0.1) is 11.3 Å². The molecule has 2 aromatic rings. The van der Waals surface area contributed by atoms with E-state index in [1.54, 1.807) is 0 Å². The van der Waals surface area contributed by atoms with Crippen LogP contribution in [0.2, 0.25) is 0 Å². The van der Waals surface area contributed by atoms with Gasteiger partial charge in [0.1, 0.15) is 0 Å². The molecular formula is C13H15BrN2S. The number of hydrogen-bond acceptors (Lipinski definition) is 3. The molecule has 0 aliphatic carbocycles. The lowest BCUT2D eigenvalue weighted by Gasteiger charge is -2.15. The minimum atomic E-state index is 0.201. The molecule has 2 aromatic heterocycles. The maximum Gasteiger partial charge on any atom is 0.0845 e. The van der Waals surface area contributed by atoms with Crippen LogP contribution >= 0.6 is 27.3 Å². The van der Waals surface area contributed by atoms with Crippen molar-refractivity contribution in [3.05, 3.63) is 50.4 Å². The fraction of sp³-hybridized carbons (Fsp3) is 0.308. The van der Waals surface area contributed by atoms with Crippen LogP contribution in [0.3, 0.4) is 0 Å². The summed E-state index contributed by atoms with van der Waals surface area (Å²) in [5.74, 6) is 0. The molecule has 0 saturated heterocycles. The summed E-state index contributed by atoms with van der Waals surface area (Å²) in [6.07, 6.45) is 1.85. The van der Waals surface area contributed by atoms with Crippen molar-refractivity contribution in [3.63, 3.8) is 0 Å². The third kappa shape index (κ3) is 3.15. The van der Waals surface area contributed by atoms with E-state index in [1.807, 2.05) is 23.6 Å². The average Bonchev–Trinajstić information content (AvgIpc) is 2.74. The Hall–Kier alpha value is -0.710. The molecule has 1 atom stereocenters. The van der Waals surface area contributed by atoms with Crippen LogP contribution in [0.15, 0.2) is 34.9 Å². The van der Waals surface area contributed by atoms with Crippen LogP contribution in [-0.4, -0.2) is 11.5 Å². The van der Waals surface area contributed by atoms with E-state index in [9.17, 15) is 0 Å². The topological polar surface area (TPSA) is 24.9 Å². The Balaban J connectivity index is 2.31. The van der Waals surface area contributed by atoms with Crippen LogP contribution < -0.4 is 5.32 Å². The second-order valence-electron chi connectivity index (χ2n) is 3.84. The van der Waals surface area contributed by atoms with Crippen LogP contribution in [0.25, 0.3) is 0 Å². The Morgan fingerprint density at radius 1 is 1.35 bits per heavy atom. The van der Waals surface area contributed by atoms with E-state index < -0.39 is 0 Å². The monoisotopic (exact) mass is 310 g/mol. The summed E-state index contributed by atoms with van der Waals surface area (Å²) in [4.78, 5) is 7.13. The van der Waals surface area contributed by atoms with E-state index in [0.717, 1.165) is 16.7 Å². The molecule has 0 aromatic carbocycles. The Morgan fingerprint density at radius 2 is 2.18 bits per heavy atom. The molecule has 1 unspecified atom stereocenters. The molecule has 90 valence electrons. The van der Waals surface area contributed by atoms with Crippen molar-refractivity contribution < 1.29 is 0 Å². The molecule has 4 heteroatoms. The fourth-order valence-corrected chi connectivity index (χ4v) is 2.92. The van der Waals surface area contributed by atoms with Gasteiger partial charge in [-0.2, -0.15) is 0 Å². The summed E-state index contributed by atoms with van der Waals surface area (Å²) in [6.45, 7) is 5.18.